The van der Waals surface area contributed by atoms with E-state index in [4.69, 9.17) is 9.47 Å². The normalized spacial score (nSPS) is 18.9. The van der Waals surface area contributed by atoms with Crippen molar-refractivity contribution in [1.82, 2.24) is 4.90 Å². The van der Waals surface area contributed by atoms with E-state index in [9.17, 15) is 0 Å². The Morgan fingerprint density at radius 2 is 1.85 bits per heavy atom. The molecule has 0 amide bonds. The molecule has 1 aliphatic rings. The molecule has 1 fully saturated rings. The Kier molecular flexibility index (Phi) is 6.29. The number of hydrogen-bond donors (Lipinski definition) is 0. The van der Waals surface area contributed by atoms with Gasteiger partial charge >= 0.3 is 0 Å². The van der Waals surface area contributed by atoms with Gasteiger partial charge < -0.3 is 14.4 Å². The highest BCUT2D eigenvalue weighted by atomic mass is 16.5. The molecule has 80 valence electrons. The minimum absolute atomic E-state index is 0.276. The molecule has 0 unspecified atom stereocenters. The zero-order chi connectivity index (χ0) is 10.3. The monoisotopic (exact) mass is 189 g/mol. The molecule has 3 nitrogen and oxygen atoms in total. The summed E-state index contributed by atoms with van der Waals surface area (Å²) in [4.78, 5) is 2.18. The lowest BCUT2D eigenvalue weighted by Crippen LogP contribution is -2.52. The van der Waals surface area contributed by atoms with Gasteiger partial charge in [-0.1, -0.05) is 13.8 Å². The van der Waals surface area contributed by atoms with Crippen molar-refractivity contribution < 1.29 is 9.47 Å². The summed E-state index contributed by atoms with van der Waals surface area (Å²) in [5.74, 6) is 0. The van der Waals surface area contributed by atoms with Gasteiger partial charge in [0, 0.05) is 13.7 Å². The van der Waals surface area contributed by atoms with E-state index in [2.05, 4.69) is 19.0 Å². The number of hydrogen-bond acceptors (Lipinski definition) is 3. The van der Waals surface area contributed by atoms with Crippen LogP contribution in [0.25, 0.3) is 0 Å². The molecule has 0 radical (unpaired) electrons. The zero-order valence-electron chi connectivity index (χ0n) is 9.59. The van der Waals surface area contributed by atoms with Crippen LogP contribution < -0.4 is 0 Å². The fraction of sp³-hybridized carbons (Fsp3) is 1.00. The number of rotatable bonds is 4. The van der Waals surface area contributed by atoms with Crippen LogP contribution in [0, 0.1) is 5.41 Å². The van der Waals surface area contributed by atoms with Gasteiger partial charge in [-0.3, -0.25) is 0 Å². The summed E-state index contributed by atoms with van der Waals surface area (Å²) in [6.07, 6.45) is 0. The summed E-state index contributed by atoms with van der Waals surface area (Å²) < 4.78 is 10.3. The Morgan fingerprint density at radius 3 is 2.08 bits per heavy atom. The first-order valence-electron chi connectivity index (χ1n) is 4.90. The first kappa shape index (κ1) is 12.9. The van der Waals surface area contributed by atoms with Crippen molar-refractivity contribution in [3.05, 3.63) is 0 Å². The molecule has 1 rings (SSSR count). The summed E-state index contributed by atoms with van der Waals surface area (Å²) in [5.41, 5.74) is 0.276. The number of ether oxygens (including phenoxy) is 2. The van der Waals surface area contributed by atoms with E-state index in [-0.39, 0.29) is 5.41 Å². The SMILES string of the molecule is CC.COCC1(CN(C)C)COC1. The van der Waals surface area contributed by atoms with Crippen LogP contribution in [0.15, 0.2) is 0 Å². The second kappa shape index (κ2) is 6.35. The smallest absolute Gasteiger partial charge is 0.0579 e. The minimum atomic E-state index is 0.276. The maximum atomic E-state index is 5.18. The highest BCUT2D eigenvalue weighted by Gasteiger charge is 2.38. The van der Waals surface area contributed by atoms with Crippen molar-refractivity contribution in [2.45, 2.75) is 13.8 Å². The summed E-state index contributed by atoms with van der Waals surface area (Å²) >= 11 is 0. The van der Waals surface area contributed by atoms with Crippen LogP contribution in [0.4, 0.5) is 0 Å². The van der Waals surface area contributed by atoms with Crippen molar-refractivity contribution in [3.8, 4) is 0 Å². The van der Waals surface area contributed by atoms with Crippen LogP contribution in [-0.4, -0.2) is 52.5 Å². The molecule has 1 heterocycles. The lowest BCUT2D eigenvalue weighted by atomic mass is 9.86. The number of methoxy groups -OCH3 is 1. The average molecular weight is 189 g/mol. The van der Waals surface area contributed by atoms with E-state index < -0.39 is 0 Å². The van der Waals surface area contributed by atoms with E-state index in [0.29, 0.717) is 0 Å². The van der Waals surface area contributed by atoms with Crippen LogP contribution in [0.1, 0.15) is 13.8 Å². The van der Waals surface area contributed by atoms with Crippen LogP contribution in [0.5, 0.6) is 0 Å². The molecule has 3 heteroatoms. The van der Waals surface area contributed by atoms with E-state index in [0.717, 1.165) is 26.4 Å². The molecular weight excluding hydrogens is 166 g/mol. The molecule has 1 saturated heterocycles. The third kappa shape index (κ3) is 4.07. The second-order valence-electron chi connectivity index (χ2n) is 3.66. The predicted octanol–water partition coefficient (Wildman–Crippen LogP) is 1.24. The lowest BCUT2D eigenvalue weighted by Gasteiger charge is -2.42. The largest absolute Gasteiger partial charge is 0.384 e. The van der Waals surface area contributed by atoms with Crippen molar-refractivity contribution in [3.63, 3.8) is 0 Å². The maximum Gasteiger partial charge on any atom is 0.0579 e. The van der Waals surface area contributed by atoms with Crippen LogP contribution in [-0.2, 0) is 9.47 Å². The van der Waals surface area contributed by atoms with Gasteiger partial charge in [0.2, 0.25) is 0 Å². The van der Waals surface area contributed by atoms with Gasteiger partial charge in [-0.05, 0) is 14.1 Å². The third-order valence-corrected chi connectivity index (χ3v) is 1.92. The van der Waals surface area contributed by atoms with Crippen LogP contribution in [0.2, 0.25) is 0 Å². The highest BCUT2D eigenvalue weighted by Crippen LogP contribution is 2.27. The van der Waals surface area contributed by atoms with Gasteiger partial charge in [-0.25, -0.2) is 0 Å². The summed E-state index contributed by atoms with van der Waals surface area (Å²) in [5, 5.41) is 0. The van der Waals surface area contributed by atoms with Crippen molar-refractivity contribution in [2.75, 3.05) is 47.6 Å². The zero-order valence-corrected chi connectivity index (χ0v) is 9.59. The predicted molar refractivity (Wildman–Crippen MR) is 55.0 cm³/mol. The van der Waals surface area contributed by atoms with Gasteiger partial charge in [0.25, 0.3) is 0 Å². The summed E-state index contributed by atoms with van der Waals surface area (Å²) in [6.45, 7) is 7.56. The average Bonchev–Trinajstić information content (AvgIpc) is 2.04. The first-order valence-corrected chi connectivity index (χ1v) is 4.90. The van der Waals surface area contributed by atoms with Crippen LogP contribution in [0.3, 0.4) is 0 Å². The minimum Gasteiger partial charge on any atom is -0.384 e. The molecule has 0 spiro atoms. The topological polar surface area (TPSA) is 21.7 Å². The first-order chi connectivity index (χ1) is 6.18. The van der Waals surface area contributed by atoms with Gasteiger partial charge in [-0.2, -0.15) is 0 Å². The Labute approximate surface area is 82.0 Å². The van der Waals surface area contributed by atoms with E-state index >= 15 is 0 Å². The van der Waals surface area contributed by atoms with E-state index in [1.54, 1.807) is 7.11 Å². The van der Waals surface area contributed by atoms with Gasteiger partial charge in [0.1, 0.15) is 0 Å². The highest BCUT2D eigenvalue weighted by molar-refractivity contribution is 4.87. The Hall–Kier alpha value is -0.120. The Balaban J connectivity index is 0.000000671. The summed E-state index contributed by atoms with van der Waals surface area (Å²) in [7, 11) is 5.90. The molecule has 0 aromatic heterocycles. The standard InChI is InChI=1S/C8H17NO2.C2H6/c1-9(2)4-8(5-10-3)6-11-7-8;1-2/h4-7H2,1-3H3;1-2H3. The molecule has 0 aromatic carbocycles. The Bertz CT molecular complexity index is 122. The van der Waals surface area contributed by atoms with Crippen molar-refractivity contribution in [2.24, 2.45) is 5.41 Å². The van der Waals surface area contributed by atoms with Gasteiger partial charge in [0.05, 0.1) is 25.2 Å². The quantitative estimate of drug-likeness (QED) is 0.664. The lowest BCUT2D eigenvalue weighted by molar-refractivity contribution is -0.150. The molecule has 1 aliphatic heterocycles. The van der Waals surface area contributed by atoms with Crippen molar-refractivity contribution in [1.29, 1.82) is 0 Å². The van der Waals surface area contributed by atoms with Gasteiger partial charge in [-0.15, -0.1) is 0 Å². The van der Waals surface area contributed by atoms with E-state index in [1.807, 2.05) is 13.8 Å². The molecule has 0 saturated carbocycles. The number of nitrogens with zero attached hydrogens (tertiary/aromatic N) is 1. The molecule has 0 aromatic rings. The molecular formula is C10H23NO2. The summed E-state index contributed by atoms with van der Waals surface area (Å²) in [6, 6.07) is 0. The second-order valence-corrected chi connectivity index (χ2v) is 3.66. The molecule has 0 atom stereocenters. The van der Waals surface area contributed by atoms with Crippen molar-refractivity contribution >= 4 is 0 Å². The molecule has 0 bridgehead atoms. The molecule has 13 heavy (non-hydrogen) atoms. The Morgan fingerprint density at radius 1 is 1.31 bits per heavy atom. The third-order valence-electron chi connectivity index (χ3n) is 1.92. The van der Waals surface area contributed by atoms with Gasteiger partial charge in [0.15, 0.2) is 0 Å². The fourth-order valence-electron chi connectivity index (χ4n) is 1.59. The van der Waals surface area contributed by atoms with E-state index in [1.165, 1.54) is 0 Å². The maximum absolute atomic E-state index is 5.18. The van der Waals surface area contributed by atoms with Crippen LogP contribution >= 0.6 is 0 Å². The molecule has 0 N–H and O–H groups in total. The molecule has 0 aliphatic carbocycles. The fourth-order valence-corrected chi connectivity index (χ4v) is 1.59.